The first-order valence-electron chi connectivity index (χ1n) is 9.09. The molecule has 2 fully saturated rings. The van der Waals surface area contributed by atoms with Gasteiger partial charge in [-0.1, -0.05) is 13.8 Å². The normalized spacial score (nSPS) is 23.5. The predicted octanol–water partition coefficient (Wildman–Crippen LogP) is 3.12. The SMILES string of the molecule is C=C.CC(C)C[C@H](NC(=O)OC(C)(C)C)C(=O)N1CC[C@H]2OCC[C@H]21. The Bertz CT molecular complexity index is 459. The van der Waals surface area contributed by atoms with Crippen LogP contribution in [0.2, 0.25) is 0 Å². The van der Waals surface area contributed by atoms with E-state index in [1.54, 1.807) is 0 Å². The number of likely N-dealkylation sites (tertiary alicyclic amines) is 1. The molecule has 0 spiro atoms. The number of ether oxygens (including phenoxy) is 2. The van der Waals surface area contributed by atoms with Crippen LogP contribution in [0.5, 0.6) is 0 Å². The summed E-state index contributed by atoms with van der Waals surface area (Å²) in [5.41, 5.74) is -0.576. The van der Waals surface area contributed by atoms with Gasteiger partial charge in [0.15, 0.2) is 0 Å². The van der Waals surface area contributed by atoms with Crippen LogP contribution < -0.4 is 5.32 Å². The number of nitrogens with one attached hydrogen (secondary N) is 1. The Morgan fingerprint density at radius 3 is 2.48 bits per heavy atom. The standard InChI is InChI=1S/C17H30N2O4.C2H4/c1-11(2)10-12(18-16(21)23-17(3,4)5)15(20)19-8-6-14-13(19)7-9-22-14;1-2/h11-14H,6-10H2,1-5H3,(H,18,21);1-2H2/t12-,13+,14+;/m0./s1. The molecule has 0 radical (unpaired) electrons. The van der Waals surface area contributed by atoms with Crippen LogP contribution in [0.25, 0.3) is 0 Å². The summed E-state index contributed by atoms with van der Waals surface area (Å²) in [6, 6.07) is -0.373. The molecule has 144 valence electrons. The Balaban J connectivity index is 0.00000151. The smallest absolute Gasteiger partial charge is 0.408 e. The first kappa shape index (κ1) is 21.5. The minimum absolute atomic E-state index is 0.0115. The third-order valence-electron chi connectivity index (χ3n) is 4.21. The van der Waals surface area contributed by atoms with Gasteiger partial charge in [0.05, 0.1) is 12.1 Å². The molecule has 0 unspecified atom stereocenters. The van der Waals surface area contributed by atoms with Crippen molar-refractivity contribution in [3.05, 3.63) is 13.2 Å². The van der Waals surface area contributed by atoms with E-state index in [0.717, 1.165) is 12.8 Å². The summed E-state index contributed by atoms with van der Waals surface area (Å²) in [6.45, 7) is 16.9. The second-order valence-electron chi connectivity index (χ2n) is 7.91. The number of hydrogen-bond donors (Lipinski definition) is 1. The Labute approximate surface area is 151 Å². The number of rotatable bonds is 4. The molecule has 0 aromatic heterocycles. The Kier molecular flexibility index (Phi) is 7.93. The fourth-order valence-electron chi connectivity index (χ4n) is 3.32. The van der Waals surface area contributed by atoms with Gasteiger partial charge in [0.1, 0.15) is 11.6 Å². The lowest BCUT2D eigenvalue weighted by atomic mass is 10.0. The molecule has 2 saturated heterocycles. The zero-order valence-corrected chi connectivity index (χ0v) is 16.3. The zero-order chi connectivity index (χ0) is 19.2. The fraction of sp³-hybridized carbons (Fsp3) is 0.789. The average Bonchev–Trinajstić information content (AvgIpc) is 3.08. The molecule has 1 N–H and O–H groups in total. The fourth-order valence-corrected chi connectivity index (χ4v) is 3.32. The number of hydrogen-bond acceptors (Lipinski definition) is 4. The summed E-state index contributed by atoms with van der Waals surface area (Å²) >= 11 is 0. The quantitative estimate of drug-likeness (QED) is 0.788. The maximum Gasteiger partial charge on any atom is 0.408 e. The van der Waals surface area contributed by atoms with Crippen molar-refractivity contribution < 1.29 is 19.1 Å². The summed E-state index contributed by atoms with van der Waals surface area (Å²) in [5, 5.41) is 2.77. The molecule has 2 amide bonds. The monoisotopic (exact) mass is 354 g/mol. The van der Waals surface area contributed by atoms with Crippen molar-refractivity contribution in [2.24, 2.45) is 5.92 Å². The van der Waals surface area contributed by atoms with Crippen LogP contribution >= 0.6 is 0 Å². The minimum Gasteiger partial charge on any atom is -0.444 e. The zero-order valence-electron chi connectivity index (χ0n) is 16.3. The third kappa shape index (κ3) is 6.34. The first-order chi connectivity index (χ1) is 11.7. The second-order valence-corrected chi connectivity index (χ2v) is 7.91. The van der Waals surface area contributed by atoms with Crippen LogP contribution in [-0.2, 0) is 14.3 Å². The van der Waals surface area contributed by atoms with Crippen molar-refractivity contribution in [2.45, 2.75) is 77.7 Å². The van der Waals surface area contributed by atoms with Gasteiger partial charge < -0.3 is 19.7 Å². The predicted molar refractivity (Wildman–Crippen MR) is 98.3 cm³/mol. The highest BCUT2D eigenvalue weighted by Crippen LogP contribution is 2.30. The maximum absolute atomic E-state index is 12.9. The number of alkyl carbamates (subject to hydrolysis) is 1. The van der Waals surface area contributed by atoms with Crippen molar-refractivity contribution in [1.29, 1.82) is 0 Å². The number of nitrogens with zero attached hydrogens (tertiary/aromatic N) is 1. The lowest BCUT2D eigenvalue weighted by Crippen LogP contribution is -2.51. The number of amides is 2. The van der Waals surface area contributed by atoms with Crippen molar-refractivity contribution in [3.63, 3.8) is 0 Å². The molecule has 2 rings (SSSR count). The molecule has 0 aromatic carbocycles. The van der Waals surface area contributed by atoms with E-state index in [-0.39, 0.29) is 18.1 Å². The largest absolute Gasteiger partial charge is 0.444 e. The molecule has 3 atom stereocenters. The highest BCUT2D eigenvalue weighted by Gasteiger charge is 2.43. The van der Waals surface area contributed by atoms with Gasteiger partial charge in [-0.2, -0.15) is 0 Å². The summed E-state index contributed by atoms with van der Waals surface area (Å²) in [6.07, 6.45) is 2.01. The van der Waals surface area contributed by atoms with E-state index in [0.29, 0.717) is 25.5 Å². The van der Waals surface area contributed by atoms with Crippen molar-refractivity contribution >= 4 is 12.0 Å². The molecular weight excluding hydrogens is 320 g/mol. The third-order valence-corrected chi connectivity index (χ3v) is 4.21. The Hall–Kier alpha value is -1.56. The molecule has 6 heteroatoms. The van der Waals surface area contributed by atoms with Crippen LogP contribution in [-0.4, -0.2) is 53.8 Å². The molecule has 2 aliphatic heterocycles. The van der Waals surface area contributed by atoms with Gasteiger partial charge in [-0.05, 0) is 46.0 Å². The summed E-state index contributed by atoms with van der Waals surface area (Å²) in [7, 11) is 0. The molecule has 0 bridgehead atoms. The second kappa shape index (κ2) is 9.22. The molecule has 0 aliphatic carbocycles. The van der Waals surface area contributed by atoms with Crippen LogP contribution in [0.3, 0.4) is 0 Å². The van der Waals surface area contributed by atoms with E-state index in [4.69, 9.17) is 9.47 Å². The van der Waals surface area contributed by atoms with Crippen LogP contribution in [0.1, 0.15) is 53.9 Å². The molecule has 6 nitrogen and oxygen atoms in total. The van der Waals surface area contributed by atoms with Gasteiger partial charge in [0.2, 0.25) is 5.91 Å². The van der Waals surface area contributed by atoms with E-state index < -0.39 is 17.7 Å². The maximum atomic E-state index is 12.9. The molecular formula is C19H34N2O4. The van der Waals surface area contributed by atoms with Gasteiger partial charge >= 0.3 is 6.09 Å². The molecule has 25 heavy (non-hydrogen) atoms. The lowest BCUT2D eigenvalue weighted by Gasteiger charge is -2.30. The van der Waals surface area contributed by atoms with Gasteiger partial charge in [-0.25, -0.2) is 4.79 Å². The van der Waals surface area contributed by atoms with E-state index in [1.165, 1.54) is 0 Å². The average molecular weight is 354 g/mol. The van der Waals surface area contributed by atoms with E-state index in [1.807, 2.05) is 39.5 Å². The summed E-state index contributed by atoms with van der Waals surface area (Å²) < 4.78 is 11.0. The number of carbonyl (C=O) groups is 2. The van der Waals surface area contributed by atoms with Crippen molar-refractivity contribution in [3.8, 4) is 0 Å². The number of carbonyl (C=O) groups excluding carboxylic acids is 2. The van der Waals surface area contributed by atoms with Gasteiger partial charge in [-0.3, -0.25) is 4.79 Å². The van der Waals surface area contributed by atoms with Crippen molar-refractivity contribution in [2.75, 3.05) is 13.2 Å². The van der Waals surface area contributed by atoms with Crippen molar-refractivity contribution in [1.82, 2.24) is 10.2 Å². The van der Waals surface area contributed by atoms with Gasteiger partial charge in [0.25, 0.3) is 0 Å². The highest BCUT2D eigenvalue weighted by molar-refractivity contribution is 5.86. The Morgan fingerprint density at radius 2 is 1.92 bits per heavy atom. The van der Waals surface area contributed by atoms with Crippen LogP contribution in [0, 0.1) is 5.92 Å². The molecule has 0 saturated carbocycles. The highest BCUT2D eigenvalue weighted by atomic mass is 16.6. The first-order valence-corrected chi connectivity index (χ1v) is 9.09. The number of fused-ring (bicyclic) bond motifs is 1. The topological polar surface area (TPSA) is 67.9 Å². The minimum atomic E-state index is -0.576. The van der Waals surface area contributed by atoms with Crippen LogP contribution in [0.15, 0.2) is 13.2 Å². The molecule has 0 aromatic rings. The van der Waals surface area contributed by atoms with E-state index in [2.05, 4.69) is 18.5 Å². The summed E-state index contributed by atoms with van der Waals surface area (Å²) in [4.78, 5) is 26.9. The van der Waals surface area contributed by atoms with Gasteiger partial charge in [-0.15, -0.1) is 13.2 Å². The molecule has 2 aliphatic rings. The Morgan fingerprint density at radius 1 is 1.28 bits per heavy atom. The van der Waals surface area contributed by atoms with Crippen LogP contribution in [0.4, 0.5) is 4.79 Å². The van der Waals surface area contributed by atoms with E-state index in [9.17, 15) is 9.59 Å². The van der Waals surface area contributed by atoms with Gasteiger partial charge in [0, 0.05) is 13.2 Å². The summed E-state index contributed by atoms with van der Waals surface area (Å²) in [5.74, 6) is 0.291. The lowest BCUT2D eigenvalue weighted by molar-refractivity contribution is -0.134. The van der Waals surface area contributed by atoms with E-state index >= 15 is 0 Å². The molecule has 2 heterocycles.